The molecule has 0 unspecified atom stereocenters. The van der Waals surface area contributed by atoms with Crippen molar-refractivity contribution in [2.45, 2.75) is 39.9 Å². The number of carbonyl (C=O) groups is 1. The lowest BCUT2D eigenvalue weighted by atomic mass is 10.1. The van der Waals surface area contributed by atoms with Crippen LogP contribution in [0.4, 0.5) is 0 Å². The summed E-state index contributed by atoms with van der Waals surface area (Å²) in [6.45, 7) is 6.17. The molecule has 2 aromatic heterocycles. The minimum atomic E-state index is -0.408. The van der Waals surface area contributed by atoms with Gasteiger partial charge in [0, 0.05) is 16.6 Å². The second-order valence-electron chi connectivity index (χ2n) is 9.44. The minimum Gasteiger partial charge on any atom is -0.350 e. The van der Waals surface area contributed by atoms with Gasteiger partial charge in [-0.05, 0) is 62.2 Å². The topological polar surface area (TPSA) is 90.4 Å². The lowest BCUT2D eigenvalue weighted by Gasteiger charge is -2.12. The van der Waals surface area contributed by atoms with Gasteiger partial charge in [0.15, 0.2) is 0 Å². The molecule has 5 rings (SSSR count). The summed E-state index contributed by atoms with van der Waals surface area (Å²) in [6, 6.07) is 19.7. The van der Waals surface area contributed by atoms with Gasteiger partial charge in [-0.2, -0.15) is 0 Å². The SMILES string of the molecule is Cc1ccc(Cn2c(=O)c3ccc(C(=O)NC(C)C)cc3n3c(=O)n(Cc4ccc(Cl)cc4)nc23)cc1. The molecule has 0 saturated heterocycles. The zero-order chi connectivity index (χ0) is 26.3. The van der Waals surface area contributed by atoms with E-state index < -0.39 is 5.69 Å². The summed E-state index contributed by atoms with van der Waals surface area (Å²) in [5.41, 5.74) is 2.84. The fourth-order valence-corrected chi connectivity index (χ4v) is 4.41. The monoisotopic (exact) mass is 515 g/mol. The first kappa shape index (κ1) is 24.5. The maximum atomic E-state index is 13.7. The molecule has 3 aromatic carbocycles. The summed E-state index contributed by atoms with van der Waals surface area (Å²) in [5, 5.41) is 8.35. The van der Waals surface area contributed by atoms with Gasteiger partial charge in [-0.25, -0.2) is 13.9 Å². The van der Waals surface area contributed by atoms with Crippen LogP contribution >= 0.6 is 11.6 Å². The molecule has 188 valence electrons. The first-order valence-corrected chi connectivity index (χ1v) is 12.4. The van der Waals surface area contributed by atoms with Crippen LogP contribution in [0.3, 0.4) is 0 Å². The first-order chi connectivity index (χ1) is 17.7. The standard InChI is InChI=1S/C28H26ClN5O3/c1-17(2)30-25(35)21-10-13-23-24(14-21)34-27(32(26(23)36)15-19-6-4-18(3)5-7-19)31-33(28(34)37)16-20-8-11-22(29)12-9-20/h4-14,17H,15-16H2,1-3H3,(H,30,35). The Morgan fingerprint density at radius 3 is 2.27 bits per heavy atom. The normalized spacial score (nSPS) is 11.5. The molecular weight excluding hydrogens is 490 g/mol. The number of aromatic nitrogens is 4. The van der Waals surface area contributed by atoms with Crippen molar-refractivity contribution < 1.29 is 4.79 Å². The fraction of sp³-hybridized carbons (Fsp3) is 0.214. The number of nitrogens with zero attached hydrogens (tertiary/aromatic N) is 4. The van der Waals surface area contributed by atoms with Crippen LogP contribution in [-0.2, 0) is 13.1 Å². The molecule has 0 aliphatic carbocycles. The highest BCUT2D eigenvalue weighted by Crippen LogP contribution is 2.17. The summed E-state index contributed by atoms with van der Waals surface area (Å²) < 4.78 is 4.23. The highest BCUT2D eigenvalue weighted by molar-refractivity contribution is 6.30. The third-order valence-corrected chi connectivity index (χ3v) is 6.42. The Morgan fingerprint density at radius 1 is 0.946 bits per heavy atom. The second kappa shape index (κ2) is 9.71. The van der Waals surface area contributed by atoms with Crippen molar-refractivity contribution in [3.63, 3.8) is 0 Å². The zero-order valence-electron chi connectivity index (χ0n) is 20.7. The summed E-state index contributed by atoms with van der Waals surface area (Å²) in [6.07, 6.45) is 0. The Hall–Kier alpha value is -4.17. The van der Waals surface area contributed by atoms with Crippen molar-refractivity contribution in [1.29, 1.82) is 0 Å². The van der Waals surface area contributed by atoms with Gasteiger partial charge < -0.3 is 5.32 Å². The molecule has 5 aromatic rings. The Bertz CT molecular complexity index is 1750. The molecule has 0 aliphatic rings. The minimum absolute atomic E-state index is 0.0597. The number of nitrogens with one attached hydrogen (secondary N) is 1. The van der Waals surface area contributed by atoms with Gasteiger partial charge in [-0.1, -0.05) is 53.6 Å². The van der Waals surface area contributed by atoms with Crippen molar-refractivity contribution in [3.8, 4) is 0 Å². The fourth-order valence-electron chi connectivity index (χ4n) is 4.29. The molecule has 0 saturated carbocycles. The number of amides is 1. The number of fused-ring (bicyclic) bond motifs is 3. The summed E-state index contributed by atoms with van der Waals surface area (Å²) >= 11 is 6.01. The number of rotatable bonds is 6. The van der Waals surface area contributed by atoms with Gasteiger partial charge in [0.1, 0.15) is 0 Å². The molecule has 2 heterocycles. The van der Waals surface area contributed by atoms with Crippen molar-refractivity contribution in [2.24, 2.45) is 0 Å². The number of benzene rings is 3. The summed E-state index contributed by atoms with van der Waals surface area (Å²) in [7, 11) is 0. The van der Waals surface area contributed by atoms with Gasteiger partial charge in [0.05, 0.1) is 24.0 Å². The molecule has 0 radical (unpaired) electrons. The number of halogens is 1. The highest BCUT2D eigenvalue weighted by Gasteiger charge is 2.19. The van der Waals surface area contributed by atoms with E-state index in [2.05, 4.69) is 10.4 Å². The van der Waals surface area contributed by atoms with Gasteiger partial charge in [0.2, 0.25) is 5.78 Å². The van der Waals surface area contributed by atoms with E-state index in [-0.39, 0.29) is 36.4 Å². The summed E-state index contributed by atoms with van der Waals surface area (Å²) in [4.78, 5) is 40.0. The molecule has 1 N–H and O–H groups in total. The van der Waals surface area contributed by atoms with Gasteiger partial charge in [-0.15, -0.1) is 5.10 Å². The van der Waals surface area contributed by atoms with Crippen molar-refractivity contribution in [3.05, 3.63) is 115 Å². The van der Waals surface area contributed by atoms with E-state index in [1.807, 2.05) is 57.2 Å². The number of aryl methyl sites for hydroxylation is 1. The summed E-state index contributed by atoms with van der Waals surface area (Å²) in [5.74, 6) is -0.0751. The van der Waals surface area contributed by atoms with E-state index in [0.29, 0.717) is 21.5 Å². The van der Waals surface area contributed by atoms with Crippen molar-refractivity contribution >= 4 is 34.2 Å². The van der Waals surface area contributed by atoms with Crippen LogP contribution in [0.2, 0.25) is 5.02 Å². The van der Waals surface area contributed by atoms with E-state index in [9.17, 15) is 14.4 Å². The smallest absolute Gasteiger partial charge is 0.350 e. The molecule has 8 nitrogen and oxygen atoms in total. The average Bonchev–Trinajstić information content (AvgIpc) is 3.19. The molecule has 0 atom stereocenters. The van der Waals surface area contributed by atoms with Gasteiger partial charge in [0.25, 0.3) is 11.5 Å². The quantitative estimate of drug-likeness (QED) is 0.370. The largest absolute Gasteiger partial charge is 0.352 e. The van der Waals surface area contributed by atoms with E-state index in [1.165, 1.54) is 13.6 Å². The Morgan fingerprint density at radius 2 is 1.59 bits per heavy atom. The lowest BCUT2D eigenvalue weighted by molar-refractivity contribution is 0.0943. The Balaban J connectivity index is 1.74. The maximum absolute atomic E-state index is 13.7. The predicted octanol–water partition coefficient (Wildman–Crippen LogP) is 4.01. The molecular formula is C28H26ClN5O3. The van der Waals surface area contributed by atoms with E-state index >= 15 is 0 Å². The highest BCUT2D eigenvalue weighted by atomic mass is 35.5. The third kappa shape index (κ3) is 4.80. The van der Waals surface area contributed by atoms with E-state index in [4.69, 9.17) is 11.6 Å². The number of hydrogen-bond donors (Lipinski definition) is 1. The molecule has 9 heteroatoms. The van der Waals surface area contributed by atoms with Gasteiger partial charge in [-0.3, -0.25) is 14.2 Å². The molecule has 0 spiro atoms. The number of hydrogen-bond acceptors (Lipinski definition) is 4. The van der Waals surface area contributed by atoms with Crippen LogP contribution < -0.4 is 16.6 Å². The Kier molecular flexibility index (Phi) is 6.43. The van der Waals surface area contributed by atoms with E-state index in [0.717, 1.165) is 16.7 Å². The zero-order valence-corrected chi connectivity index (χ0v) is 21.5. The second-order valence-corrected chi connectivity index (χ2v) is 9.88. The molecule has 0 fully saturated rings. The Labute approximate surface area is 217 Å². The number of carbonyl (C=O) groups excluding carboxylic acids is 1. The van der Waals surface area contributed by atoms with Gasteiger partial charge >= 0.3 is 5.69 Å². The van der Waals surface area contributed by atoms with Crippen LogP contribution in [0.1, 0.15) is 40.9 Å². The van der Waals surface area contributed by atoms with Crippen molar-refractivity contribution in [1.82, 2.24) is 24.1 Å². The van der Waals surface area contributed by atoms with Crippen LogP contribution in [-0.4, -0.2) is 30.7 Å². The first-order valence-electron chi connectivity index (χ1n) is 12.0. The molecule has 0 bridgehead atoms. The van der Waals surface area contributed by atoms with Crippen LogP contribution in [0.15, 0.2) is 76.3 Å². The van der Waals surface area contributed by atoms with E-state index in [1.54, 1.807) is 30.3 Å². The van der Waals surface area contributed by atoms with Crippen LogP contribution in [0.25, 0.3) is 16.7 Å². The molecule has 1 amide bonds. The van der Waals surface area contributed by atoms with Crippen LogP contribution in [0.5, 0.6) is 0 Å². The predicted molar refractivity (Wildman–Crippen MR) is 145 cm³/mol. The molecule has 37 heavy (non-hydrogen) atoms. The lowest BCUT2D eigenvalue weighted by Crippen LogP contribution is -2.30. The maximum Gasteiger partial charge on any atom is 0.352 e. The van der Waals surface area contributed by atoms with Crippen molar-refractivity contribution in [2.75, 3.05) is 0 Å². The molecule has 0 aliphatic heterocycles. The average molecular weight is 516 g/mol. The van der Waals surface area contributed by atoms with Crippen LogP contribution in [0, 0.1) is 6.92 Å². The third-order valence-electron chi connectivity index (χ3n) is 6.17.